The Morgan fingerprint density at radius 3 is 2.41 bits per heavy atom. The molecule has 5 rings (SSSR count). The first-order valence-electron chi connectivity index (χ1n) is 10.7. The van der Waals surface area contributed by atoms with Crippen LogP contribution in [0.15, 0.2) is 72.8 Å². The molecule has 0 fully saturated rings. The van der Waals surface area contributed by atoms with Crippen LogP contribution < -0.4 is 10.1 Å². The fourth-order valence-electron chi connectivity index (χ4n) is 4.11. The zero-order chi connectivity index (χ0) is 22.1. The second kappa shape index (κ2) is 8.30. The van der Waals surface area contributed by atoms with Gasteiger partial charge in [0.2, 0.25) is 5.91 Å². The van der Waals surface area contributed by atoms with Crippen molar-refractivity contribution in [2.75, 3.05) is 7.11 Å². The number of methoxy groups -OCH3 is 1. The van der Waals surface area contributed by atoms with E-state index in [-0.39, 0.29) is 11.9 Å². The highest BCUT2D eigenvalue weighted by molar-refractivity contribution is 6.06. The summed E-state index contributed by atoms with van der Waals surface area (Å²) in [6.07, 6.45) is 0.350. The third kappa shape index (κ3) is 3.64. The molecule has 2 aromatic heterocycles. The fraction of sp³-hybridized carbons (Fsp3) is 0.192. The Hall–Kier alpha value is -3.93. The van der Waals surface area contributed by atoms with Gasteiger partial charge in [-0.05, 0) is 42.8 Å². The van der Waals surface area contributed by atoms with Crippen LogP contribution in [-0.2, 0) is 11.3 Å². The molecule has 32 heavy (non-hydrogen) atoms. The summed E-state index contributed by atoms with van der Waals surface area (Å²) in [7, 11) is 1.64. The van der Waals surface area contributed by atoms with E-state index in [1.807, 2.05) is 67.6 Å². The molecule has 1 N–H and O–H groups in total. The predicted molar refractivity (Wildman–Crippen MR) is 127 cm³/mol. The van der Waals surface area contributed by atoms with E-state index in [0.29, 0.717) is 13.0 Å². The van der Waals surface area contributed by atoms with Gasteiger partial charge in [-0.25, -0.2) is 9.97 Å². The van der Waals surface area contributed by atoms with E-state index < -0.39 is 0 Å². The second-order valence-electron chi connectivity index (χ2n) is 7.87. The van der Waals surface area contributed by atoms with Crippen LogP contribution in [0.1, 0.15) is 24.9 Å². The summed E-state index contributed by atoms with van der Waals surface area (Å²) >= 11 is 0. The molecule has 0 aliphatic carbocycles. The van der Waals surface area contributed by atoms with Crippen LogP contribution >= 0.6 is 0 Å². The molecule has 0 bridgehead atoms. The van der Waals surface area contributed by atoms with Crippen LogP contribution in [0.2, 0.25) is 0 Å². The zero-order valence-electron chi connectivity index (χ0n) is 18.1. The van der Waals surface area contributed by atoms with Crippen molar-refractivity contribution in [3.8, 4) is 5.75 Å². The Morgan fingerprint density at radius 2 is 1.66 bits per heavy atom. The molecule has 0 aliphatic rings. The summed E-state index contributed by atoms with van der Waals surface area (Å²) in [6, 6.07) is 23.7. The molecule has 0 saturated heterocycles. The quantitative estimate of drug-likeness (QED) is 0.416. The van der Waals surface area contributed by atoms with E-state index >= 15 is 0 Å². The standard InChI is InChI=1S/C26H24N4O2/c1-17(18-11-13-19(32-2)14-12-18)27-24(31)15-16-30-23-10-6-3-7-20(23)25-26(30)29-22-9-5-4-8-21(22)28-25/h3-14,17H,15-16H2,1-2H3,(H,27,31). The Balaban J connectivity index is 1.40. The molecule has 0 saturated carbocycles. The van der Waals surface area contributed by atoms with Crippen molar-refractivity contribution in [2.24, 2.45) is 0 Å². The summed E-state index contributed by atoms with van der Waals surface area (Å²) < 4.78 is 7.30. The molecule has 0 aliphatic heterocycles. The largest absolute Gasteiger partial charge is 0.497 e. The number of hydrogen-bond donors (Lipinski definition) is 1. The fourth-order valence-corrected chi connectivity index (χ4v) is 4.11. The number of nitrogens with one attached hydrogen (secondary N) is 1. The average molecular weight is 425 g/mol. The number of para-hydroxylation sites is 3. The number of carbonyl (C=O) groups is 1. The molecule has 0 spiro atoms. The van der Waals surface area contributed by atoms with Crippen LogP contribution in [0.4, 0.5) is 0 Å². The first-order chi connectivity index (χ1) is 15.6. The average Bonchev–Trinajstić information content (AvgIpc) is 3.14. The third-order valence-electron chi connectivity index (χ3n) is 5.81. The van der Waals surface area contributed by atoms with Crippen molar-refractivity contribution in [2.45, 2.75) is 25.9 Å². The number of nitrogens with zero attached hydrogens (tertiary/aromatic N) is 3. The Labute approximate surface area is 185 Å². The lowest BCUT2D eigenvalue weighted by Gasteiger charge is -2.15. The molecule has 5 aromatic rings. The maximum absolute atomic E-state index is 12.7. The van der Waals surface area contributed by atoms with Gasteiger partial charge in [0.1, 0.15) is 11.3 Å². The number of carbonyl (C=O) groups excluding carboxylic acids is 1. The number of rotatable bonds is 6. The molecular weight excluding hydrogens is 400 g/mol. The number of aryl methyl sites for hydroxylation is 1. The first-order valence-corrected chi connectivity index (χ1v) is 10.7. The van der Waals surface area contributed by atoms with Crippen LogP contribution in [0, 0.1) is 0 Å². The van der Waals surface area contributed by atoms with Crippen LogP contribution in [-0.4, -0.2) is 27.6 Å². The van der Waals surface area contributed by atoms with Gasteiger partial charge in [0, 0.05) is 18.4 Å². The summed E-state index contributed by atoms with van der Waals surface area (Å²) in [5.74, 6) is 0.792. The van der Waals surface area contributed by atoms with E-state index in [1.165, 1.54) is 0 Å². The number of amides is 1. The Bertz CT molecular complexity index is 1420. The lowest BCUT2D eigenvalue weighted by atomic mass is 10.1. The van der Waals surface area contributed by atoms with Crippen LogP contribution in [0.5, 0.6) is 5.75 Å². The topological polar surface area (TPSA) is 69.0 Å². The molecule has 2 heterocycles. The monoisotopic (exact) mass is 424 g/mol. The van der Waals surface area contributed by atoms with E-state index in [9.17, 15) is 4.79 Å². The lowest BCUT2D eigenvalue weighted by molar-refractivity contribution is -0.121. The maximum atomic E-state index is 12.7. The minimum Gasteiger partial charge on any atom is -0.497 e. The number of hydrogen-bond acceptors (Lipinski definition) is 4. The molecule has 1 atom stereocenters. The van der Waals surface area contributed by atoms with Crippen molar-refractivity contribution in [1.82, 2.24) is 19.9 Å². The summed E-state index contributed by atoms with van der Waals surface area (Å²) in [5.41, 5.74) is 5.46. The van der Waals surface area contributed by atoms with Crippen molar-refractivity contribution >= 4 is 39.0 Å². The molecule has 160 valence electrons. The van der Waals surface area contributed by atoms with Gasteiger partial charge in [-0.3, -0.25) is 4.79 Å². The molecule has 6 heteroatoms. The number of benzene rings is 3. The Morgan fingerprint density at radius 1 is 0.969 bits per heavy atom. The Kier molecular flexibility index (Phi) is 5.19. The van der Waals surface area contributed by atoms with Gasteiger partial charge in [-0.15, -0.1) is 0 Å². The summed E-state index contributed by atoms with van der Waals surface area (Å²) in [4.78, 5) is 22.5. The highest BCUT2D eigenvalue weighted by atomic mass is 16.5. The van der Waals surface area contributed by atoms with E-state index in [2.05, 4.69) is 22.0 Å². The SMILES string of the molecule is COc1ccc(C(C)NC(=O)CCn2c3ccccc3c3nc4ccccc4nc32)cc1. The van der Waals surface area contributed by atoms with Crippen molar-refractivity contribution in [1.29, 1.82) is 0 Å². The third-order valence-corrected chi connectivity index (χ3v) is 5.81. The van der Waals surface area contributed by atoms with Crippen molar-refractivity contribution < 1.29 is 9.53 Å². The van der Waals surface area contributed by atoms with E-state index in [1.54, 1.807) is 7.11 Å². The molecule has 3 aromatic carbocycles. The normalized spacial score (nSPS) is 12.3. The van der Waals surface area contributed by atoms with E-state index in [0.717, 1.165) is 44.4 Å². The lowest BCUT2D eigenvalue weighted by Crippen LogP contribution is -2.27. The van der Waals surface area contributed by atoms with Gasteiger partial charge in [-0.1, -0.05) is 42.5 Å². The smallest absolute Gasteiger partial charge is 0.222 e. The van der Waals surface area contributed by atoms with Crippen LogP contribution in [0.3, 0.4) is 0 Å². The minimum atomic E-state index is -0.0877. The minimum absolute atomic E-state index is 0.00648. The molecule has 0 radical (unpaired) electrons. The van der Waals surface area contributed by atoms with Gasteiger partial charge in [-0.2, -0.15) is 0 Å². The van der Waals surface area contributed by atoms with Gasteiger partial charge >= 0.3 is 0 Å². The van der Waals surface area contributed by atoms with E-state index in [4.69, 9.17) is 14.7 Å². The molecule has 6 nitrogen and oxygen atoms in total. The first kappa shape index (κ1) is 20.0. The van der Waals surface area contributed by atoms with Crippen molar-refractivity contribution in [3.63, 3.8) is 0 Å². The summed E-state index contributed by atoms with van der Waals surface area (Å²) in [6.45, 7) is 2.51. The number of fused-ring (bicyclic) bond motifs is 4. The molecule has 1 amide bonds. The molecular formula is C26H24N4O2. The van der Waals surface area contributed by atoms with Crippen molar-refractivity contribution in [3.05, 3.63) is 78.4 Å². The van der Waals surface area contributed by atoms with Gasteiger partial charge in [0.05, 0.1) is 29.7 Å². The maximum Gasteiger partial charge on any atom is 0.222 e. The van der Waals surface area contributed by atoms with Crippen LogP contribution in [0.25, 0.3) is 33.1 Å². The summed E-state index contributed by atoms with van der Waals surface area (Å²) in [5, 5.41) is 4.14. The highest BCUT2D eigenvalue weighted by Crippen LogP contribution is 2.28. The van der Waals surface area contributed by atoms with Gasteiger partial charge < -0.3 is 14.6 Å². The number of ether oxygens (including phenoxy) is 1. The highest BCUT2D eigenvalue weighted by Gasteiger charge is 2.16. The zero-order valence-corrected chi connectivity index (χ0v) is 18.1. The predicted octanol–water partition coefficient (Wildman–Crippen LogP) is 5.01. The molecule has 1 unspecified atom stereocenters. The second-order valence-corrected chi connectivity index (χ2v) is 7.87. The van der Waals surface area contributed by atoms with Gasteiger partial charge in [0.25, 0.3) is 0 Å². The number of aromatic nitrogens is 3. The van der Waals surface area contributed by atoms with Gasteiger partial charge in [0.15, 0.2) is 5.65 Å².